The molecular formula is C27H34ClN3O4. The van der Waals surface area contributed by atoms with Gasteiger partial charge in [-0.15, -0.1) is 0 Å². The van der Waals surface area contributed by atoms with E-state index in [1.807, 2.05) is 0 Å². The SMILES string of the molecule is CN(C)C(=O)CN(C)C(=O)C(Cc1cc(O)ccc1Cl)CN1CCC2(CC1)OCc1ccccc12. The smallest absolute Gasteiger partial charge is 0.241 e. The Labute approximate surface area is 212 Å². The molecule has 1 saturated heterocycles. The van der Waals surface area contributed by atoms with E-state index in [1.54, 1.807) is 33.3 Å². The molecule has 0 aromatic heterocycles. The molecule has 2 heterocycles. The standard InChI is InChI=1S/C27H34ClN3O4/c1-29(2)25(33)17-30(3)26(34)21(14-20-15-22(32)8-9-24(20)28)16-31-12-10-27(11-13-31)23-7-5-4-6-19(23)18-35-27/h4-9,15,21,32H,10-14,16-18H2,1-3H3. The van der Waals surface area contributed by atoms with Gasteiger partial charge in [-0.1, -0.05) is 35.9 Å². The van der Waals surface area contributed by atoms with E-state index in [-0.39, 0.29) is 29.7 Å². The maximum Gasteiger partial charge on any atom is 0.241 e. The molecule has 2 aliphatic heterocycles. The Morgan fingerprint density at radius 3 is 2.57 bits per heavy atom. The number of rotatable bonds is 7. The van der Waals surface area contributed by atoms with Crippen LogP contribution in [0, 0.1) is 5.92 Å². The van der Waals surface area contributed by atoms with Crippen molar-refractivity contribution in [2.24, 2.45) is 5.92 Å². The molecule has 0 aliphatic carbocycles. The lowest BCUT2D eigenvalue weighted by Crippen LogP contribution is -2.48. The molecule has 2 aromatic rings. The van der Waals surface area contributed by atoms with E-state index < -0.39 is 5.92 Å². The number of nitrogens with zero attached hydrogens (tertiary/aromatic N) is 3. The topological polar surface area (TPSA) is 73.3 Å². The normalized spacial score (nSPS) is 17.7. The summed E-state index contributed by atoms with van der Waals surface area (Å²) in [6.45, 7) is 2.84. The van der Waals surface area contributed by atoms with Gasteiger partial charge < -0.3 is 24.5 Å². The second-order valence-electron chi connectivity index (χ2n) is 9.90. The second kappa shape index (κ2) is 10.6. The van der Waals surface area contributed by atoms with Crippen molar-refractivity contribution in [1.29, 1.82) is 0 Å². The number of phenols is 1. The van der Waals surface area contributed by atoms with E-state index in [1.165, 1.54) is 27.0 Å². The van der Waals surface area contributed by atoms with Crippen LogP contribution in [0.1, 0.15) is 29.5 Å². The van der Waals surface area contributed by atoms with E-state index in [0.717, 1.165) is 31.5 Å². The number of likely N-dealkylation sites (tertiary alicyclic amines) is 1. The number of fused-ring (bicyclic) bond motifs is 2. The van der Waals surface area contributed by atoms with Crippen LogP contribution in [0.5, 0.6) is 5.75 Å². The Balaban J connectivity index is 1.48. The first-order chi connectivity index (χ1) is 16.7. The molecular weight excluding hydrogens is 466 g/mol. The van der Waals surface area contributed by atoms with Crippen molar-refractivity contribution in [3.05, 3.63) is 64.2 Å². The van der Waals surface area contributed by atoms with E-state index in [2.05, 4.69) is 29.2 Å². The zero-order valence-corrected chi connectivity index (χ0v) is 21.4. The predicted octanol–water partition coefficient (Wildman–Crippen LogP) is 3.27. The number of piperidine rings is 1. The molecule has 4 rings (SSSR count). The van der Waals surface area contributed by atoms with Crippen LogP contribution in [0.4, 0.5) is 0 Å². The first-order valence-electron chi connectivity index (χ1n) is 12.1. The Kier molecular flexibility index (Phi) is 7.69. The lowest BCUT2D eigenvalue weighted by molar-refractivity contribution is -0.141. The molecule has 35 heavy (non-hydrogen) atoms. The Bertz CT molecular complexity index is 1080. The molecule has 2 aliphatic rings. The molecule has 0 bridgehead atoms. The van der Waals surface area contributed by atoms with Gasteiger partial charge in [0, 0.05) is 45.8 Å². The average Bonchev–Trinajstić information content (AvgIpc) is 3.20. The first-order valence-corrected chi connectivity index (χ1v) is 12.4. The van der Waals surface area contributed by atoms with Gasteiger partial charge in [0.2, 0.25) is 11.8 Å². The Hall–Kier alpha value is -2.61. The highest BCUT2D eigenvalue weighted by molar-refractivity contribution is 6.31. The molecule has 188 valence electrons. The summed E-state index contributed by atoms with van der Waals surface area (Å²) in [7, 11) is 5.02. The third-order valence-corrected chi connectivity index (χ3v) is 7.62. The van der Waals surface area contributed by atoms with Crippen LogP contribution in [-0.4, -0.2) is 78.9 Å². The minimum Gasteiger partial charge on any atom is -0.508 e. The summed E-state index contributed by atoms with van der Waals surface area (Å²) >= 11 is 6.40. The quantitative estimate of drug-likeness (QED) is 0.633. The van der Waals surface area contributed by atoms with Gasteiger partial charge in [-0.25, -0.2) is 0 Å². The number of hydrogen-bond donors (Lipinski definition) is 1. The van der Waals surface area contributed by atoms with Gasteiger partial charge in [-0.2, -0.15) is 0 Å². The summed E-state index contributed by atoms with van der Waals surface area (Å²) in [5.41, 5.74) is 3.04. The molecule has 2 amide bonds. The van der Waals surface area contributed by atoms with Crippen molar-refractivity contribution in [3.8, 4) is 5.75 Å². The molecule has 1 spiro atoms. The average molecular weight is 500 g/mol. The number of amides is 2. The van der Waals surface area contributed by atoms with Crippen LogP contribution in [0.3, 0.4) is 0 Å². The summed E-state index contributed by atoms with van der Waals surface area (Å²) in [5, 5.41) is 10.5. The zero-order chi connectivity index (χ0) is 25.2. The largest absolute Gasteiger partial charge is 0.508 e. The van der Waals surface area contributed by atoms with Crippen molar-refractivity contribution in [1.82, 2.24) is 14.7 Å². The lowest BCUT2D eigenvalue weighted by Gasteiger charge is -2.40. The van der Waals surface area contributed by atoms with Gasteiger partial charge in [0.15, 0.2) is 0 Å². The summed E-state index contributed by atoms with van der Waals surface area (Å²) < 4.78 is 6.29. The van der Waals surface area contributed by atoms with Gasteiger partial charge >= 0.3 is 0 Å². The van der Waals surface area contributed by atoms with Crippen LogP contribution in [0.2, 0.25) is 5.02 Å². The van der Waals surface area contributed by atoms with Crippen LogP contribution >= 0.6 is 11.6 Å². The number of carbonyl (C=O) groups is 2. The van der Waals surface area contributed by atoms with Crippen LogP contribution in [0.15, 0.2) is 42.5 Å². The summed E-state index contributed by atoms with van der Waals surface area (Å²) in [5.74, 6) is -0.530. The summed E-state index contributed by atoms with van der Waals surface area (Å²) in [4.78, 5) is 31.0. The summed E-state index contributed by atoms with van der Waals surface area (Å²) in [6.07, 6.45) is 2.12. The number of halogens is 1. The first kappa shape index (κ1) is 25.5. The number of ether oxygens (including phenoxy) is 1. The number of benzene rings is 2. The minimum absolute atomic E-state index is 0.0177. The molecule has 8 heteroatoms. The fraction of sp³-hybridized carbons (Fsp3) is 0.481. The van der Waals surface area contributed by atoms with Gasteiger partial charge in [-0.05, 0) is 54.2 Å². The maximum atomic E-state index is 13.5. The Morgan fingerprint density at radius 1 is 1.14 bits per heavy atom. The van der Waals surface area contributed by atoms with E-state index in [4.69, 9.17) is 16.3 Å². The number of carbonyl (C=O) groups excluding carboxylic acids is 2. The number of hydrogen-bond acceptors (Lipinski definition) is 5. The number of aromatic hydroxyl groups is 1. The van der Waals surface area contributed by atoms with Gasteiger partial charge in [0.05, 0.1) is 24.7 Å². The molecule has 0 radical (unpaired) electrons. The Morgan fingerprint density at radius 2 is 1.86 bits per heavy atom. The number of likely N-dealkylation sites (N-methyl/N-ethyl adjacent to an activating group) is 2. The van der Waals surface area contributed by atoms with Crippen LogP contribution in [-0.2, 0) is 33.0 Å². The van der Waals surface area contributed by atoms with E-state index in [0.29, 0.717) is 24.6 Å². The van der Waals surface area contributed by atoms with Crippen molar-refractivity contribution in [2.45, 2.75) is 31.5 Å². The molecule has 1 atom stereocenters. The lowest BCUT2D eigenvalue weighted by atomic mass is 9.83. The highest BCUT2D eigenvalue weighted by Gasteiger charge is 2.43. The van der Waals surface area contributed by atoms with Crippen molar-refractivity contribution >= 4 is 23.4 Å². The molecule has 1 N–H and O–H groups in total. The molecule has 1 fully saturated rings. The van der Waals surface area contributed by atoms with Crippen molar-refractivity contribution in [2.75, 3.05) is 47.3 Å². The van der Waals surface area contributed by atoms with E-state index in [9.17, 15) is 14.7 Å². The molecule has 2 aromatic carbocycles. The summed E-state index contributed by atoms with van der Waals surface area (Å²) in [6, 6.07) is 13.2. The third-order valence-electron chi connectivity index (χ3n) is 7.25. The second-order valence-corrected chi connectivity index (χ2v) is 10.3. The highest BCUT2D eigenvalue weighted by Crippen LogP contribution is 2.44. The van der Waals surface area contributed by atoms with Gasteiger partial charge in [0.1, 0.15) is 5.75 Å². The maximum absolute atomic E-state index is 13.5. The third kappa shape index (κ3) is 5.63. The van der Waals surface area contributed by atoms with Gasteiger partial charge in [0.25, 0.3) is 0 Å². The molecule has 0 saturated carbocycles. The van der Waals surface area contributed by atoms with Crippen LogP contribution in [0.25, 0.3) is 0 Å². The van der Waals surface area contributed by atoms with Crippen LogP contribution < -0.4 is 0 Å². The minimum atomic E-state index is -0.403. The predicted molar refractivity (Wildman–Crippen MR) is 135 cm³/mol. The monoisotopic (exact) mass is 499 g/mol. The van der Waals surface area contributed by atoms with Crippen molar-refractivity contribution < 1.29 is 19.4 Å². The van der Waals surface area contributed by atoms with E-state index >= 15 is 0 Å². The number of phenolic OH excluding ortho intramolecular Hbond substituents is 1. The van der Waals surface area contributed by atoms with Gasteiger partial charge in [-0.3, -0.25) is 9.59 Å². The fourth-order valence-electron chi connectivity index (χ4n) is 5.15. The fourth-order valence-corrected chi connectivity index (χ4v) is 5.35. The molecule has 1 unspecified atom stereocenters. The zero-order valence-electron chi connectivity index (χ0n) is 20.7. The van der Waals surface area contributed by atoms with Crippen molar-refractivity contribution in [3.63, 3.8) is 0 Å². The molecule has 7 nitrogen and oxygen atoms in total. The highest BCUT2D eigenvalue weighted by atomic mass is 35.5.